The van der Waals surface area contributed by atoms with Crippen molar-refractivity contribution in [1.82, 2.24) is 14.1 Å². The van der Waals surface area contributed by atoms with Gasteiger partial charge in [-0.3, -0.25) is 0 Å². The summed E-state index contributed by atoms with van der Waals surface area (Å²) in [5.74, 6) is 0. The molecule has 0 radical (unpaired) electrons. The molecule has 0 aliphatic rings. The summed E-state index contributed by atoms with van der Waals surface area (Å²) in [6.45, 7) is 0. The highest BCUT2D eigenvalue weighted by molar-refractivity contribution is 6.19. The van der Waals surface area contributed by atoms with E-state index in [-0.39, 0.29) is 0 Å². The van der Waals surface area contributed by atoms with E-state index in [1.807, 2.05) is 0 Å². The summed E-state index contributed by atoms with van der Waals surface area (Å²) in [4.78, 5) is 5.57. The SMILES string of the molecule is c1ccc(-c2cc(-c3ccccc3)nc(-c3cc4oc5ccccc5c4c(-n4c5ccccc5c5ccccc54)c3-n3c4ccccc4c4ccccc43)c2)cc1. The molecule has 4 nitrogen and oxygen atoms in total. The van der Waals surface area contributed by atoms with Crippen LogP contribution in [0.1, 0.15) is 0 Å². The van der Waals surface area contributed by atoms with Crippen LogP contribution in [-0.4, -0.2) is 14.1 Å². The molecule has 4 heteroatoms. The van der Waals surface area contributed by atoms with Gasteiger partial charge in [0.2, 0.25) is 0 Å². The predicted octanol–water partition coefficient (Wildman–Crippen LogP) is 14.2. The number of pyridine rings is 1. The molecule has 4 aromatic heterocycles. The Morgan fingerprint density at radius 1 is 0.333 bits per heavy atom. The van der Waals surface area contributed by atoms with E-state index in [1.54, 1.807) is 0 Å². The van der Waals surface area contributed by atoms with E-state index in [4.69, 9.17) is 9.40 Å². The van der Waals surface area contributed by atoms with Crippen molar-refractivity contribution in [2.24, 2.45) is 0 Å². The smallest absolute Gasteiger partial charge is 0.138 e. The quantitative estimate of drug-likeness (QED) is 0.177. The summed E-state index contributed by atoms with van der Waals surface area (Å²) in [6, 6.07) is 71.3. The van der Waals surface area contributed by atoms with Crippen molar-refractivity contribution in [2.75, 3.05) is 0 Å². The van der Waals surface area contributed by atoms with Gasteiger partial charge in [-0.1, -0.05) is 152 Å². The minimum Gasteiger partial charge on any atom is -0.456 e. The summed E-state index contributed by atoms with van der Waals surface area (Å²) in [7, 11) is 0. The number of hydrogen-bond donors (Lipinski definition) is 0. The minimum absolute atomic E-state index is 0.806. The number of hydrogen-bond acceptors (Lipinski definition) is 2. The lowest BCUT2D eigenvalue weighted by molar-refractivity contribution is 0.669. The van der Waals surface area contributed by atoms with Crippen molar-refractivity contribution >= 4 is 65.6 Å². The van der Waals surface area contributed by atoms with E-state index >= 15 is 0 Å². The van der Waals surface area contributed by atoms with Gasteiger partial charge in [-0.25, -0.2) is 4.98 Å². The van der Waals surface area contributed by atoms with Gasteiger partial charge in [0.15, 0.2) is 0 Å². The molecule has 0 spiro atoms. The van der Waals surface area contributed by atoms with E-state index in [9.17, 15) is 0 Å². The molecule has 12 rings (SSSR count). The standard InChI is InChI=1S/C53H33N3O/c1-3-17-34(18-4-1)36-31-43(35-19-5-2-6-20-35)54-44(32-36)42-33-50-51(41-25-11-16-30-49(41)57-50)53(56-47-28-14-9-23-39(47)40-24-10-15-29-48(40)56)52(42)55-45-26-12-7-21-37(45)38-22-8-13-27-46(38)55/h1-33H. The number of rotatable bonds is 5. The summed E-state index contributed by atoms with van der Waals surface area (Å²) < 4.78 is 11.8. The third-order valence-electron chi connectivity index (χ3n) is 11.5. The Hall–Kier alpha value is -7.69. The maximum Gasteiger partial charge on any atom is 0.138 e. The number of benzene rings is 8. The average Bonchev–Trinajstić information content (AvgIpc) is 3.94. The van der Waals surface area contributed by atoms with Crippen LogP contribution in [0.3, 0.4) is 0 Å². The Morgan fingerprint density at radius 3 is 1.33 bits per heavy atom. The van der Waals surface area contributed by atoms with Crippen molar-refractivity contribution in [1.29, 1.82) is 0 Å². The second-order valence-electron chi connectivity index (χ2n) is 14.7. The Labute approximate surface area is 328 Å². The van der Waals surface area contributed by atoms with Gasteiger partial charge in [0.05, 0.1) is 50.2 Å². The summed E-state index contributed by atoms with van der Waals surface area (Å²) >= 11 is 0. The Morgan fingerprint density at radius 2 is 0.772 bits per heavy atom. The normalized spacial score (nSPS) is 11.9. The number of nitrogens with zero attached hydrogens (tertiary/aromatic N) is 3. The van der Waals surface area contributed by atoms with E-state index < -0.39 is 0 Å². The van der Waals surface area contributed by atoms with Gasteiger partial charge in [-0.15, -0.1) is 0 Å². The third kappa shape index (κ3) is 4.77. The first kappa shape index (κ1) is 31.6. The van der Waals surface area contributed by atoms with Crippen LogP contribution in [-0.2, 0) is 0 Å². The second-order valence-corrected chi connectivity index (χ2v) is 14.7. The molecule has 0 amide bonds. The van der Waals surface area contributed by atoms with Gasteiger partial charge in [0, 0.05) is 38.1 Å². The molecule has 0 aliphatic heterocycles. The van der Waals surface area contributed by atoms with Gasteiger partial charge in [-0.2, -0.15) is 0 Å². The van der Waals surface area contributed by atoms with Crippen LogP contribution < -0.4 is 0 Å². The van der Waals surface area contributed by atoms with E-state index in [0.29, 0.717) is 0 Å². The van der Waals surface area contributed by atoms with Crippen molar-refractivity contribution in [3.05, 3.63) is 200 Å². The summed E-state index contributed by atoms with van der Waals surface area (Å²) in [5.41, 5.74) is 14.2. The van der Waals surface area contributed by atoms with Crippen LogP contribution in [0.25, 0.3) is 111 Å². The van der Waals surface area contributed by atoms with Gasteiger partial charge in [0.1, 0.15) is 11.2 Å². The Kier molecular flexibility index (Phi) is 6.89. The van der Waals surface area contributed by atoms with Gasteiger partial charge >= 0.3 is 0 Å². The molecule has 0 unspecified atom stereocenters. The maximum absolute atomic E-state index is 6.90. The molecule has 0 atom stereocenters. The third-order valence-corrected chi connectivity index (χ3v) is 11.5. The number of furan rings is 1. The lowest BCUT2D eigenvalue weighted by atomic mass is 9.97. The zero-order chi connectivity index (χ0) is 37.5. The minimum atomic E-state index is 0.806. The highest BCUT2D eigenvalue weighted by Gasteiger charge is 2.28. The van der Waals surface area contributed by atoms with Crippen LogP contribution in [0.2, 0.25) is 0 Å². The molecule has 0 N–H and O–H groups in total. The first-order valence-electron chi connectivity index (χ1n) is 19.4. The fourth-order valence-electron chi connectivity index (χ4n) is 9.04. The second kappa shape index (κ2) is 12.4. The molecule has 0 aliphatic carbocycles. The molecular formula is C53H33N3O. The molecule has 0 saturated heterocycles. The molecule has 0 fully saturated rings. The van der Waals surface area contributed by atoms with Crippen molar-refractivity contribution in [2.45, 2.75) is 0 Å². The first-order chi connectivity index (χ1) is 28.3. The molecular weight excluding hydrogens is 695 g/mol. The van der Waals surface area contributed by atoms with E-state index in [0.717, 1.165) is 89.0 Å². The van der Waals surface area contributed by atoms with Crippen LogP contribution in [0.4, 0.5) is 0 Å². The van der Waals surface area contributed by atoms with Crippen LogP contribution >= 0.6 is 0 Å². The van der Waals surface area contributed by atoms with Gasteiger partial charge in [-0.05, 0) is 59.7 Å². The molecule has 0 bridgehead atoms. The van der Waals surface area contributed by atoms with Crippen molar-refractivity contribution in [3.63, 3.8) is 0 Å². The molecule has 0 saturated carbocycles. The zero-order valence-corrected chi connectivity index (χ0v) is 30.8. The monoisotopic (exact) mass is 727 g/mol. The topological polar surface area (TPSA) is 35.9 Å². The van der Waals surface area contributed by atoms with Crippen LogP contribution in [0.5, 0.6) is 0 Å². The van der Waals surface area contributed by atoms with E-state index in [1.165, 1.54) is 21.5 Å². The summed E-state index contributed by atoms with van der Waals surface area (Å²) in [5, 5.41) is 6.90. The highest BCUT2D eigenvalue weighted by Crippen LogP contribution is 2.48. The molecule has 4 heterocycles. The van der Waals surface area contributed by atoms with Crippen molar-refractivity contribution in [3.8, 4) is 45.0 Å². The zero-order valence-electron chi connectivity index (χ0n) is 30.8. The number of fused-ring (bicyclic) bond motifs is 9. The first-order valence-corrected chi connectivity index (χ1v) is 19.4. The van der Waals surface area contributed by atoms with Crippen LogP contribution in [0, 0.1) is 0 Å². The van der Waals surface area contributed by atoms with Crippen LogP contribution in [0.15, 0.2) is 205 Å². The highest BCUT2D eigenvalue weighted by atomic mass is 16.3. The van der Waals surface area contributed by atoms with E-state index in [2.05, 4.69) is 209 Å². The maximum atomic E-state index is 6.90. The fourth-order valence-corrected chi connectivity index (χ4v) is 9.04. The molecule has 8 aromatic carbocycles. The molecule has 12 aromatic rings. The lowest BCUT2D eigenvalue weighted by Gasteiger charge is -2.22. The summed E-state index contributed by atoms with van der Waals surface area (Å²) in [6.07, 6.45) is 0. The number of aromatic nitrogens is 3. The number of para-hydroxylation sites is 5. The fraction of sp³-hybridized carbons (Fsp3) is 0. The molecule has 266 valence electrons. The Bertz CT molecular complexity index is 3350. The largest absolute Gasteiger partial charge is 0.456 e. The molecule has 57 heavy (non-hydrogen) atoms. The Balaban J connectivity index is 1.35. The predicted molar refractivity (Wildman–Crippen MR) is 237 cm³/mol. The van der Waals surface area contributed by atoms with Gasteiger partial charge in [0.25, 0.3) is 0 Å². The van der Waals surface area contributed by atoms with Gasteiger partial charge < -0.3 is 13.6 Å². The average molecular weight is 728 g/mol. The van der Waals surface area contributed by atoms with Crippen molar-refractivity contribution < 1.29 is 4.42 Å². The lowest BCUT2D eigenvalue weighted by Crippen LogP contribution is -2.07.